The van der Waals surface area contributed by atoms with Crippen LogP contribution in [0, 0.1) is 11.8 Å². The average molecular weight is 251 g/mol. The van der Waals surface area contributed by atoms with Gasteiger partial charge >= 0.3 is 0 Å². The van der Waals surface area contributed by atoms with Gasteiger partial charge in [0.15, 0.2) is 0 Å². The lowest BCUT2D eigenvalue weighted by Crippen LogP contribution is -2.27. The van der Waals surface area contributed by atoms with E-state index in [4.69, 9.17) is 0 Å². The molecule has 0 bridgehead atoms. The van der Waals surface area contributed by atoms with E-state index in [1.54, 1.807) is 0 Å². The molecule has 2 rings (SSSR count). The van der Waals surface area contributed by atoms with Gasteiger partial charge in [-0.05, 0) is 43.1 Å². The quantitative estimate of drug-likeness (QED) is 0.798. The minimum Gasteiger partial charge on any atom is -0.317 e. The standard InChI is InChI=1S/C18H21N/c1-3-4-5-12-17(19-2)14-16-11-8-10-15-9-6-7-13-18(15)16/h6-11,13,17,19H,5,12,14H2,1-2H3. The van der Waals surface area contributed by atoms with E-state index in [0.717, 1.165) is 19.3 Å². The van der Waals surface area contributed by atoms with Gasteiger partial charge in [-0.1, -0.05) is 42.5 Å². The molecule has 0 aliphatic heterocycles. The second-order valence-corrected chi connectivity index (χ2v) is 4.79. The minimum atomic E-state index is 0.492. The molecule has 2 aromatic rings. The monoisotopic (exact) mass is 251 g/mol. The zero-order valence-corrected chi connectivity index (χ0v) is 11.7. The molecule has 98 valence electrons. The van der Waals surface area contributed by atoms with E-state index in [1.165, 1.54) is 16.3 Å². The highest BCUT2D eigenvalue weighted by atomic mass is 14.9. The number of hydrogen-bond acceptors (Lipinski definition) is 1. The third kappa shape index (κ3) is 3.59. The van der Waals surface area contributed by atoms with Crippen LogP contribution in [-0.2, 0) is 6.42 Å². The Morgan fingerprint density at radius 2 is 1.89 bits per heavy atom. The maximum absolute atomic E-state index is 3.41. The molecule has 0 aromatic heterocycles. The van der Waals surface area contributed by atoms with Crippen LogP contribution in [0.3, 0.4) is 0 Å². The first kappa shape index (κ1) is 13.6. The van der Waals surface area contributed by atoms with Gasteiger partial charge in [0.25, 0.3) is 0 Å². The summed E-state index contributed by atoms with van der Waals surface area (Å²) in [6.45, 7) is 1.90. The van der Waals surface area contributed by atoms with Crippen molar-refractivity contribution in [2.24, 2.45) is 0 Å². The van der Waals surface area contributed by atoms with Gasteiger partial charge < -0.3 is 5.32 Å². The fourth-order valence-corrected chi connectivity index (χ4v) is 2.46. The van der Waals surface area contributed by atoms with E-state index in [9.17, 15) is 0 Å². The Morgan fingerprint density at radius 1 is 1.11 bits per heavy atom. The first-order chi connectivity index (χ1) is 9.35. The summed E-state index contributed by atoms with van der Waals surface area (Å²) in [7, 11) is 2.04. The molecule has 1 unspecified atom stereocenters. The zero-order chi connectivity index (χ0) is 13.5. The average Bonchev–Trinajstić information content (AvgIpc) is 2.46. The fraction of sp³-hybridized carbons (Fsp3) is 0.333. The molecular formula is C18H21N. The van der Waals surface area contributed by atoms with Crippen molar-refractivity contribution in [2.75, 3.05) is 7.05 Å². The first-order valence-corrected chi connectivity index (χ1v) is 6.88. The molecule has 0 amide bonds. The zero-order valence-electron chi connectivity index (χ0n) is 11.7. The molecule has 1 heteroatoms. The molecule has 0 aliphatic carbocycles. The van der Waals surface area contributed by atoms with E-state index < -0.39 is 0 Å². The van der Waals surface area contributed by atoms with Crippen LogP contribution in [0.25, 0.3) is 10.8 Å². The molecule has 0 spiro atoms. The van der Waals surface area contributed by atoms with Gasteiger partial charge in [-0.2, -0.15) is 0 Å². The summed E-state index contributed by atoms with van der Waals surface area (Å²) < 4.78 is 0. The Bertz CT molecular complexity index is 584. The van der Waals surface area contributed by atoms with Crippen molar-refractivity contribution in [1.29, 1.82) is 0 Å². The number of nitrogens with one attached hydrogen (secondary N) is 1. The molecule has 1 N–H and O–H groups in total. The number of benzene rings is 2. The van der Waals surface area contributed by atoms with E-state index in [1.807, 2.05) is 14.0 Å². The van der Waals surface area contributed by atoms with Crippen molar-refractivity contribution in [3.63, 3.8) is 0 Å². The molecule has 0 aliphatic rings. The third-order valence-electron chi connectivity index (χ3n) is 3.55. The van der Waals surface area contributed by atoms with Crippen LogP contribution in [0.4, 0.5) is 0 Å². The van der Waals surface area contributed by atoms with Crippen LogP contribution in [0.1, 0.15) is 25.3 Å². The molecule has 2 aromatic carbocycles. The Kier molecular flexibility index (Phi) is 5.01. The van der Waals surface area contributed by atoms with Gasteiger partial charge in [-0.25, -0.2) is 0 Å². The predicted octanol–water partition coefficient (Wildman–Crippen LogP) is 3.77. The summed E-state index contributed by atoms with van der Waals surface area (Å²) in [5, 5.41) is 6.10. The smallest absolute Gasteiger partial charge is 0.0114 e. The SMILES string of the molecule is CC#CCCC(Cc1cccc2ccccc12)NC. The molecule has 0 fully saturated rings. The first-order valence-electron chi connectivity index (χ1n) is 6.88. The summed E-state index contributed by atoms with van der Waals surface area (Å²) in [5.41, 5.74) is 1.42. The molecule has 1 nitrogen and oxygen atoms in total. The number of hydrogen-bond donors (Lipinski definition) is 1. The van der Waals surface area contributed by atoms with Crippen molar-refractivity contribution in [1.82, 2.24) is 5.32 Å². The summed E-state index contributed by atoms with van der Waals surface area (Å²) in [4.78, 5) is 0. The van der Waals surface area contributed by atoms with Gasteiger partial charge in [0.1, 0.15) is 0 Å². The topological polar surface area (TPSA) is 12.0 Å². The summed E-state index contributed by atoms with van der Waals surface area (Å²) >= 11 is 0. The number of fused-ring (bicyclic) bond motifs is 1. The Labute approximate surface area is 116 Å². The van der Waals surface area contributed by atoms with Crippen molar-refractivity contribution in [2.45, 2.75) is 32.2 Å². The van der Waals surface area contributed by atoms with Gasteiger partial charge in [0, 0.05) is 12.5 Å². The predicted molar refractivity (Wildman–Crippen MR) is 83.2 cm³/mol. The molecule has 0 heterocycles. The molecule has 1 atom stereocenters. The number of rotatable bonds is 5. The van der Waals surface area contributed by atoms with Crippen molar-refractivity contribution < 1.29 is 0 Å². The maximum Gasteiger partial charge on any atom is 0.0114 e. The lowest BCUT2D eigenvalue weighted by Gasteiger charge is -2.16. The summed E-state index contributed by atoms with van der Waals surface area (Å²) in [6, 6.07) is 15.6. The minimum absolute atomic E-state index is 0.492. The van der Waals surface area contributed by atoms with Crippen LogP contribution in [0.15, 0.2) is 42.5 Å². The van der Waals surface area contributed by atoms with Gasteiger partial charge in [0.05, 0.1) is 0 Å². The molecular weight excluding hydrogens is 230 g/mol. The Hall–Kier alpha value is -1.78. The van der Waals surface area contributed by atoms with Crippen LogP contribution in [0.2, 0.25) is 0 Å². The fourth-order valence-electron chi connectivity index (χ4n) is 2.46. The lowest BCUT2D eigenvalue weighted by atomic mass is 9.97. The van der Waals surface area contributed by atoms with Crippen molar-refractivity contribution in [3.05, 3.63) is 48.0 Å². The van der Waals surface area contributed by atoms with E-state index >= 15 is 0 Å². The third-order valence-corrected chi connectivity index (χ3v) is 3.55. The van der Waals surface area contributed by atoms with Gasteiger partial charge in [0.2, 0.25) is 0 Å². The molecule has 0 saturated heterocycles. The van der Waals surface area contributed by atoms with E-state index in [-0.39, 0.29) is 0 Å². The van der Waals surface area contributed by atoms with Crippen molar-refractivity contribution in [3.8, 4) is 11.8 Å². The molecule has 0 radical (unpaired) electrons. The van der Waals surface area contributed by atoms with Crippen LogP contribution in [-0.4, -0.2) is 13.1 Å². The highest BCUT2D eigenvalue weighted by Gasteiger charge is 2.08. The summed E-state index contributed by atoms with van der Waals surface area (Å²) in [6.07, 6.45) is 3.12. The largest absolute Gasteiger partial charge is 0.317 e. The van der Waals surface area contributed by atoms with Crippen LogP contribution in [0.5, 0.6) is 0 Å². The van der Waals surface area contributed by atoms with Crippen molar-refractivity contribution >= 4 is 10.8 Å². The lowest BCUT2D eigenvalue weighted by molar-refractivity contribution is 0.529. The van der Waals surface area contributed by atoms with Gasteiger partial charge in [-0.15, -0.1) is 11.8 Å². The van der Waals surface area contributed by atoms with Crippen LogP contribution < -0.4 is 5.32 Å². The normalized spacial score (nSPS) is 11.9. The van der Waals surface area contributed by atoms with E-state index in [0.29, 0.717) is 6.04 Å². The highest BCUT2D eigenvalue weighted by molar-refractivity contribution is 5.85. The van der Waals surface area contributed by atoms with E-state index in [2.05, 4.69) is 59.6 Å². The number of likely N-dealkylation sites (N-methyl/N-ethyl adjacent to an activating group) is 1. The van der Waals surface area contributed by atoms with Crippen LogP contribution >= 0.6 is 0 Å². The molecule has 19 heavy (non-hydrogen) atoms. The maximum atomic E-state index is 3.41. The second kappa shape index (κ2) is 6.97. The highest BCUT2D eigenvalue weighted by Crippen LogP contribution is 2.20. The Balaban J connectivity index is 2.16. The molecule has 0 saturated carbocycles. The second-order valence-electron chi connectivity index (χ2n) is 4.79. The Morgan fingerprint density at radius 3 is 2.68 bits per heavy atom. The summed E-state index contributed by atoms with van der Waals surface area (Å²) in [5.74, 6) is 6.11. The van der Waals surface area contributed by atoms with Gasteiger partial charge in [-0.3, -0.25) is 0 Å².